The molecule has 1 fully saturated rings. The largest absolute Gasteiger partial charge is 0.357 e. The lowest BCUT2D eigenvalue weighted by Gasteiger charge is -2.23. The van der Waals surface area contributed by atoms with E-state index in [0.717, 1.165) is 32.4 Å². The van der Waals surface area contributed by atoms with Crippen molar-refractivity contribution in [2.24, 2.45) is 11.8 Å². The number of nitrogens with one attached hydrogen (secondary N) is 3. The number of carbonyl (C=O) groups excluding carboxylic acids is 2. The van der Waals surface area contributed by atoms with Gasteiger partial charge in [0, 0.05) is 13.5 Å². The lowest BCUT2D eigenvalue weighted by Crippen LogP contribution is -2.46. The molecule has 0 aromatic heterocycles. The average Bonchev–Trinajstić information content (AvgIpc) is 2.44. The molecule has 0 bridgehead atoms. The third-order valence-corrected chi connectivity index (χ3v) is 3.84. The average molecular weight is 283 g/mol. The first-order valence-electron chi connectivity index (χ1n) is 7.74. The highest BCUT2D eigenvalue weighted by atomic mass is 16.2. The third-order valence-electron chi connectivity index (χ3n) is 3.84. The second kappa shape index (κ2) is 8.95. The van der Waals surface area contributed by atoms with E-state index in [4.69, 9.17) is 0 Å². The molecule has 1 aliphatic heterocycles. The van der Waals surface area contributed by atoms with Crippen molar-refractivity contribution in [1.29, 1.82) is 0 Å². The molecule has 1 rings (SSSR count). The molecule has 0 aromatic carbocycles. The van der Waals surface area contributed by atoms with Gasteiger partial charge in [0.1, 0.15) is 6.04 Å². The SMILES string of the molecule is CNC(=O)C(CC(C)C)NC(=O)CCC1CCNCC1. The second-order valence-electron chi connectivity index (χ2n) is 6.10. The van der Waals surface area contributed by atoms with Crippen molar-refractivity contribution in [3.63, 3.8) is 0 Å². The Morgan fingerprint density at radius 3 is 2.45 bits per heavy atom. The Labute approximate surface area is 122 Å². The van der Waals surface area contributed by atoms with E-state index < -0.39 is 6.04 Å². The number of hydrogen-bond acceptors (Lipinski definition) is 3. The van der Waals surface area contributed by atoms with Gasteiger partial charge in [0.15, 0.2) is 0 Å². The second-order valence-corrected chi connectivity index (χ2v) is 6.10. The lowest BCUT2D eigenvalue weighted by molar-refractivity contribution is -0.129. The molecule has 2 amide bonds. The van der Waals surface area contributed by atoms with Gasteiger partial charge < -0.3 is 16.0 Å². The Morgan fingerprint density at radius 2 is 1.90 bits per heavy atom. The summed E-state index contributed by atoms with van der Waals surface area (Å²) < 4.78 is 0. The summed E-state index contributed by atoms with van der Waals surface area (Å²) in [4.78, 5) is 23.7. The van der Waals surface area contributed by atoms with Crippen LogP contribution in [0.1, 0.15) is 46.0 Å². The monoisotopic (exact) mass is 283 g/mol. The van der Waals surface area contributed by atoms with Crippen molar-refractivity contribution in [1.82, 2.24) is 16.0 Å². The number of carbonyl (C=O) groups is 2. The van der Waals surface area contributed by atoms with E-state index >= 15 is 0 Å². The first-order chi connectivity index (χ1) is 9.52. The molecule has 0 saturated carbocycles. The molecule has 0 radical (unpaired) electrons. The van der Waals surface area contributed by atoms with Crippen molar-refractivity contribution in [3.05, 3.63) is 0 Å². The Hall–Kier alpha value is -1.10. The molecule has 0 aliphatic carbocycles. The minimum atomic E-state index is -0.402. The maximum Gasteiger partial charge on any atom is 0.242 e. The van der Waals surface area contributed by atoms with E-state index in [-0.39, 0.29) is 11.8 Å². The van der Waals surface area contributed by atoms with Gasteiger partial charge in [0.05, 0.1) is 0 Å². The maximum atomic E-state index is 12.0. The third kappa shape index (κ3) is 6.37. The van der Waals surface area contributed by atoms with E-state index in [1.807, 2.05) is 0 Å². The van der Waals surface area contributed by atoms with Crippen molar-refractivity contribution in [3.8, 4) is 0 Å². The molecule has 1 saturated heterocycles. The fraction of sp³-hybridized carbons (Fsp3) is 0.867. The van der Waals surface area contributed by atoms with Crippen LogP contribution in [0.15, 0.2) is 0 Å². The summed E-state index contributed by atoms with van der Waals surface area (Å²) in [6.45, 7) is 6.22. The molecule has 1 atom stereocenters. The molecule has 1 unspecified atom stereocenters. The lowest BCUT2D eigenvalue weighted by atomic mass is 9.93. The van der Waals surface area contributed by atoms with E-state index in [0.29, 0.717) is 24.7 Å². The Kier molecular flexibility index (Phi) is 7.59. The summed E-state index contributed by atoms with van der Waals surface area (Å²) in [5, 5.41) is 8.82. The predicted molar refractivity (Wildman–Crippen MR) is 80.3 cm³/mol. The van der Waals surface area contributed by atoms with Crippen LogP contribution in [0.3, 0.4) is 0 Å². The van der Waals surface area contributed by atoms with Crippen LogP contribution < -0.4 is 16.0 Å². The van der Waals surface area contributed by atoms with Crippen LogP contribution in [-0.2, 0) is 9.59 Å². The summed E-state index contributed by atoms with van der Waals surface area (Å²) in [7, 11) is 1.61. The summed E-state index contributed by atoms with van der Waals surface area (Å²) in [5.41, 5.74) is 0. The number of amides is 2. The molecule has 20 heavy (non-hydrogen) atoms. The fourth-order valence-corrected chi connectivity index (χ4v) is 2.65. The molecule has 1 aliphatic rings. The van der Waals surface area contributed by atoms with E-state index in [1.165, 1.54) is 0 Å². The molecule has 0 spiro atoms. The molecular weight excluding hydrogens is 254 g/mol. The van der Waals surface area contributed by atoms with Gasteiger partial charge in [0.2, 0.25) is 11.8 Å². The summed E-state index contributed by atoms with van der Waals surface area (Å²) in [5.74, 6) is 0.916. The highest BCUT2D eigenvalue weighted by molar-refractivity contribution is 5.87. The Bertz CT molecular complexity index is 312. The first kappa shape index (κ1) is 17.0. The van der Waals surface area contributed by atoms with Crippen LogP contribution in [0.5, 0.6) is 0 Å². The summed E-state index contributed by atoms with van der Waals surface area (Å²) >= 11 is 0. The quantitative estimate of drug-likeness (QED) is 0.654. The van der Waals surface area contributed by atoms with Gasteiger partial charge in [-0.3, -0.25) is 9.59 Å². The highest BCUT2D eigenvalue weighted by Gasteiger charge is 2.21. The molecule has 0 aromatic rings. The van der Waals surface area contributed by atoms with Gasteiger partial charge in [-0.25, -0.2) is 0 Å². The molecular formula is C15H29N3O2. The molecule has 1 heterocycles. The zero-order chi connectivity index (χ0) is 15.0. The summed E-state index contributed by atoms with van der Waals surface area (Å²) in [6.07, 6.45) is 4.43. The standard InChI is InChI=1S/C15H29N3O2/c1-11(2)10-13(15(20)16-3)18-14(19)5-4-12-6-8-17-9-7-12/h11-13,17H,4-10H2,1-3H3,(H,16,20)(H,18,19). The van der Waals surface area contributed by atoms with Crippen molar-refractivity contribution in [2.75, 3.05) is 20.1 Å². The van der Waals surface area contributed by atoms with Gasteiger partial charge >= 0.3 is 0 Å². The van der Waals surface area contributed by atoms with Crippen molar-refractivity contribution >= 4 is 11.8 Å². The van der Waals surface area contributed by atoms with Crippen LogP contribution in [0, 0.1) is 11.8 Å². The Morgan fingerprint density at radius 1 is 1.25 bits per heavy atom. The smallest absolute Gasteiger partial charge is 0.242 e. The van der Waals surface area contributed by atoms with E-state index in [9.17, 15) is 9.59 Å². The zero-order valence-electron chi connectivity index (χ0n) is 13.0. The van der Waals surface area contributed by atoms with Gasteiger partial charge in [-0.15, -0.1) is 0 Å². The highest BCUT2D eigenvalue weighted by Crippen LogP contribution is 2.17. The molecule has 5 heteroatoms. The van der Waals surface area contributed by atoms with Crippen LogP contribution in [0.2, 0.25) is 0 Å². The van der Waals surface area contributed by atoms with Crippen LogP contribution in [-0.4, -0.2) is 38.0 Å². The van der Waals surface area contributed by atoms with Gasteiger partial charge in [0.25, 0.3) is 0 Å². The maximum absolute atomic E-state index is 12.0. The first-order valence-corrected chi connectivity index (χ1v) is 7.74. The molecule has 3 N–H and O–H groups in total. The van der Waals surface area contributed by atoms with Crippen LogP contribution in [0.4, 0.5) is 0 Å². The van der Waals surface area contributed by atoms with Crippen LogP contribution >= 0.6 is 0 Å². The predicted octanol–water partition coefficient (Wildman–Crippen LogP) is 1.04. The fourth-order valence-electron chi connectivity index (χ4n) is 2.65. The van der Waals surface area contributed by atoms with E-state index in [1.54, 1.807) is 7.05 Å². The van der Waals surface area contributed by atoms with Crippen molar-refractivity contribution < 1.29 is 9.59 Å². The van der Waals surface area contributed by atoms with Crippen molar-refractivity contribution in [2.45, 2.75) is 52.0 Å². The number of likely N-dealkylation sites (N-methyl/N-ethyl adjacent to an activating group) is 1. The van der Waals surface area contributed by atoms with Gasteiger partial charge in [-0.2, -0.15) is 0 Å². The minimum Gasteiger partial charge on any atom is -0.357 e. The molecule has 116 valence electrons. The number of piperidine rings is 1. The topological polar surface area (TPSA) is 70.2 Å². The normalized spacial score (nSPS) is 17.8. The number of hydrogen-bond donors (Lipinski definition) is 3. The Balaban J connectivity index is 2.34. The zero-order valence-corrected chi connectivity index (χ0v) is 13.0. The van der Waals surface area contributed by atoms with Gasteiger partial charge in [-0.1, -0.05) is 13.8 Å². The van der Waals surface area contributed by atoms with Gasteiger partial charge in [-0.05, 0) is 50.6 Å². The van der Waals surface area contributed by atoms with Crippen LogP contribution in [0.25, 0.3) is 0 Å². The molecule has 5 nitrogen and oxygen atoms in total. The summed E-state index contributed by atoms with van der Waals surface area (Å²) in [6, 6.07) is -0.402. The van der Waals surface area contributed by atoms with E-state index in [2.05, 4.69) is 29.8 Å². The number of rotatable bonds is 7. The minimum absolute atomic E-state index is 0.00205.